The summed E-state index contributed by atoms with van der Waals surface area (Å²) in [7, 11) is -3.45. The molecule has 2 heterocycles. The second-order valence-corrected chi connectivity index (χ2v) is 9.30. The second-order valence-electron chi connectivity index (χ2n) is 6.19. The quantitative estimate of drug-likeness (QED) is 0.783. The van der Waals surface area contributed by atoms with Gasteiger partial charge in [0.1, 0.15) is 10.0 Å². The maximum atomic E-state index is 13.7. The van der Waals surface area contributed by atoms with Crippen LogP contribution in [0.15, 0.2) is 46.0 Å². The third-order valence-electron chi connectivity index (χ3n) is 4.59. The minimum absolute atomic E-state index is 0.155. The minimum Gasteiger partial charge on any atom is -0.323 e. The lowest BCUT2D eigenvalue weighted by Gasteiger charge is -2.33. The SMILES string of the molecule is C[C@@H](C(=O)Nc1ccccc1F)[NH+]1CCN(S(=O)(=O)c2cccs2)CC1. The molecule has 3 rings (SSSR count). The molecule has 0 aliphatic carbocycles. The van der Waals surface area contributed by atoms with E-state index in [1.54, 1.807) is 36.6 Å². The van der Waals surface area contributed by atoms with Gasteiger partial charge in [-0.2, -0.15) is 4.31 Å². The standard InChI is InChI=1S/C17H20FN3O3S2/c1-13(17(22)19-15-6-3-2-5-14(15)18)20-8-10-21(11-9-20)26(23,24)16-7-4-12-25-16/h2-7,12-13H,8-11H2,1H3,(H,19,22)/p+1/t13-/m0/s1. The third-order valence-corrected chi connectivity index (χ3v) is 7.86. The van der Waals surface area contributed by atoms with Gasteiger partial charge in [0.15, 0.2) is 6.04 Å². The van der Waals surface area contributed by atoms with Gasteiger partial charge in [-0.25, -0.2) is 12.8 Å². The Labute approximate surface area is 156 Å². The van der Waals surface area contributed by atoms with Crippen LogP contribution in [0, 0.1) is 5.82 Å². The fourth-order valence-electron chi connectivity index (χ4n) is 2.97. The van der Waals surface area contributed by atoms with Crippen LogP contribution in [-0.2, 0) is 14.8 Å². The molecule has 1 aliphatic heterocycles. The van der Waals surface area contributed by atoms with Crippen molar-refractivity contribution in [2.75, 3.05) is 31.5 Å². The van der Waals surface area contributed by atoms with Gasteiger partial charge in [0, 0.05) is 0 Å². The summed E-state index contributed by atoms with van der Waals surface area (Å²) in [5, 5.41) is 4.35. The highest BCUT2D eigenvalue weighted by atomic mass is 32.2. The van der Waals surface area contributed by atoms with Crippen LogP contribution >= 0.6 is 11.3 Å². The molecule has 0 radical (unpaired) electrons. The van der Waals surface area contributed by atoms with Crippen molar-refractivity contribution in [1.82, 2.24) is 4.31 Å². The topological polar surface area (TPSA) is 70.9 Å². The average molecular weight is 399 g/mol. The van der Waals surface area contributed by atoms with E-state index in [9.17, 15) is 17.6 Å². The highest BCUT2D eigenvalue weighted by Crippen LogP contribution is 2.20. The Morgan fingerprint density at radius 3 is 2.54 bits per heavy atom. The number of carbonyl (C=O) groups is 1. The first-order valence-corrected chi connectivity index (χ1v) is 10.6. The molecule has 1 atom stereocenters. The number of anilines is 1. The molecule has 0 bridgehead atoms. The lowest BCUT2D eigenvalue weighted by molar-refractivity contribution is -0.917. The number of hydrogen-bond donors (Lipinski definition) is 2. The Kier molecular flexibility index (Phi) is 5.71. The molecule has 1 aliphatic rings. The van der Waals surface area contributed by atoms with Crippen LogP contribution in [0.3, 0.4) is 0 Å². The van der Waals surface area contributed by atoms with Crippen LogP contribution in [-0.4, -0.2) is 50.9 Å². The van der Waals surface area contributed by atoms with Crippen LogP contribution in [0.1, 0.15) is 6.92 Å². The first kappa shape index (κ1) is 19.0. The monoisotopic (exact) mass is 398 g/mol. The summed E-state index contributed by atoms with van der Waals surface area (Å²) in [5.41, 5.74) is 0.155. The summed E-state index contributed by atoms with van der Waals surface area (Å²) in [4.78, 5) is 13.4. The van der Waals surface area contributed by atoms with E-state index in [0.29, 0.717) is 30.4 Å². The Balaban J connectivity index is 1.59. The largest absolute Gasteiger partial charge is 0.323 e. The van der Waals surface area contributed by atoms with Crippen molar-refractivity contribution in [2.45, 2.75) is 17.2 Å². The molecule has 6 nitrogen and oxygen atoms in total. The van der Waals surface area contributed by atoms with Crippen LogP contribution in [0.5, 0.6) is 0 Å². The predicted octanol–water partition coefficient (Wildman–Crippen LogP) is 0.804. The lowest BCUT2D eigenvalue weighted by atomic mass is 10.2. The van der Waals surface area contributed by atoms with Crippen molar-refractivity contribution in [3.8, 4) is 0 Å². The normalized spacial score (nSPS) is 17.8. The van der Waals surface area contributed by atoms with Crippen molar-refractivity contribution >= 4 is 33.0 Å². The molecule has 26 heavy (non-hydrogen) atoms. The summed E-state index contributed by atoms with van der Waals surface area (Å²) >= 11 is 1.20. The van der Waals surface area contributed by atoms with Crippen molar-refractivity contribution in [3.63, 3.8) is 0 Å². The molecule has 140 valence electrons. The zero-order valence-corrected chi connectivity index (χ0v) is 15.9. The summed E-state index contributed by atoms with van der Waals surface area (Å²) in [5.74, 6) is -0.755. The van der Waals surface area contributed by atoms with Crippen LogP contribution < -0.4 is 10.2 Å². The molecule has 1 aromatic carbocycles. The summed E-state index contributed by atoms with van der Waals surface area (Å²) < 4.78 is 40.6. The van der Waals surface area contributed by atoms with E-state index >= 15 is 0 Å². The Morgan fingerprint density at radius 1 is 1.23 bits per heavy atom. The fraction of sp³-hybridized carbons (Fsp3) is 0.353. The highest BCUT2D eigenvalue weighted by Gasteiger charge is 2.34. The van der Waals surface area contributed by atoms with Crippen LogP contribution in [0.4, 0.5) is 10.1 Å². The Bertz CT molecular complexity index is 863. The average Bonchev–Trinajstić information content (AvgIpc) is 3.18. The van der Waals surface area contributed by atoms with Gasteiger partial charge in [0.2, 0.25) is 0 Å². The molecular weight excluding hydrogens is 377 g/mol. The van der Waals surface area contributed by atoms with E-state index in [-0.39, 0.29) is 11.6 Å². The van der Waals surface area contributed by atoms with E-state index < -0.39 is 21.9 Å². The fourth-order valence-corrected chi connectivity index (χ4v) is 5.56. The number of thiophene rings is 1. The Morgan fingerprint density at radius 2 is 1.92 bits per heavy atom. The summed E-state index contributed by atoms with van der Waals surface area (Å²) in [6.07, 6.45) is 0. The molecule has 9 heteroatoms. The zero-order valence-electron chi connectivity index (χ0n) is 14.3. The molecule has 1 fully saturated rings. The van der Waals surface area contributed by atoms with Gasteiger partial charge in [-0.15, -0.1) is 11.3 Å². The summed E-state index contributed by atoms with van der Waals surface area (Å²) in [6, 6.07) is 8.94. The van der Waals surface area contributed by atoms with Gasteiger partial charge in [-0.05, 0) is 30.5 Å². The summed E-state index contributed by atoms with van der Waals surface area (Å²) in [6.45, 7) is 3.53. The van der Waals surface area contributed by atoms with E-state index in [4.69, 9.17) is 0 Å². The van der Waals surface area contributed by atoms with Crippen molar-refractivity contribution in [3.05, 3.63) is 47.6 Å². The molecule has 1 amide bonds. The van der Waals surface area contributed by atoms with Gasteiger partial charge < -0.3 is 10.2 Å². The molecule has 0 saturated carbocycles. The highest BCUT2D eigenvalue weighted by molar-refractivity contribution is 7.91. The first-order valence-electron chi connectivity index (χ1n) is 8.33. The van der Waals surface area contributed by atoms with E-state index in [2.05, 4.69) is 5.32 Å². The van der Waals surface area contributed by atoms with Crippen LogP contribution in [0.2, 0.25) is 0 Å². The molecule has 1 saturated heterocycles. The molecule has 2 N–H and O–H groups in total. The first-order chi connectivity index (χ1) is 12.4. The number of piperazine rings is 1. The maximum absolute atomic E-state index is 13.7. The number of benzene rings is 1. The molecular formula is C17H21FN3O3S2+. The second kappa shape index (κ2) is 7.83. The van der Waals surface area contributed by atoms with E-state index in [1.165, 1.54) is 27.8 Å². The van der Waals surface area contributed by atoms with Gasteiger partial charge in [0.25, 0.3) is 15.9 Å². The number of carbonyl (C=O) groups excluding carboxylic acids is 1. The molecule has 1 aromatic heterocycles. The van der Waals surface area contributed by atoms with Gasteiger partial charge >= 0.3 is 0 Å². The van der Waals surface area contributed by atoms with Crippen molar-refractivity contribution < 1.29 is 22.5 Å². The number of halogens is 1. The number of hydrogen-bond acceptors (Lipinski definition) is 4. The van der Waals surface area contributed by atoms with Gasteiger partial charge in [0.05, 0.1) is 31.9 Å². The van der Waals surface area contributed by atoms with Gasteiger partial charge in [-0.3, -0.25) is 4.79 Å². The van der Waals surface area contributed by atoms with E-state index in [1.807, 2.05) is 0 Å². The smallest absolute Gasteiger partial charge is 0.282 e. The molecule has 0 spiro atoms. The minimum atomic E-state index is -3.45. The maximum Gasteiger partial charge on any atom is 0.282 e. The molecule has 0 unspecified atom stereocenters. The number of nitrogens with one attached hydrogen (secondary N) is 2. The Hall–Kier alpha value is -1.81. The van der Waals surface area contributed by atoms with Crippen molar-refractivity contribution in [1.29, 1.82) is 0 Å². The number of sulfonamides is 1. The van der Waals surface area contributed by atoms with Crippen LogP contribution in [0.25, 0.3) is 0 Å². The number of nitrogens with zero attached hydrogens (tertiary/aromatic N) is 1. The van der Waals surface area contributed by atoms with Crippen molar-refractivity contribution in [2.24, 2.45) is 0 Å². The lowest BCUT2D eigenvalue weighted by Crippen LogP contribution is -3.19. The number of rotatable bonds is 5. The number of para-hydroxylation sites is 1. The van der Waals surface area contributed by atoms with E-state index in [0.717, 1.165) is 4.90 Å². The number of amides is 1. The van der Waals surface area contributed by atoms with Gasteiger partial charge in [-0.1, -0.05) is 18.2 Å². The third kappa shape index (κ3) is 3.96. The zero-order chi connectivity index (χ0) is 18.7. The predicted molar refractivity (Wildman–Crippen MR) is 98.3 cm³/mol. The molecule has 2 aromatic rings. The number of quaternary nitrogens is 1.